The highest BCUT2D eigenvalue weighted by Gasteiger charge is 2.13. The van der Waals surface area contributed by atoms with Gasteiger partial charge in [-0.15, -0.1) is 23.5 Å². The molecule has 130 valence electrons. The van der Waals surface area contributed by atoms with E-state index in [0.29, 0.717) is 11.3 Å². The molecule has 0 aliphatic carbocycles. The van der Waals surface area contributed by atoms with Crippen molar-refractivity contribution in [1.82, 2.24) is 0 Å². The fraction of sp³-hybridized carbons (Fsp3) is 0.353. The number of thioether (sulfide) groups is 2. The van der Waals surface area contributed by atoms with Crippen molar-refractivity contribution in [2.75, 3.05) is 26.2 Å². The van der Waals surface area contributed by atoms with Crippen LogP contribution in [0.25, 0.3) is 0 Å². The molecule has 0 unspecified atom stereocenters. The summed E-state index contributed by atoms with van der Waals surface area (Å²) < 4.78 is 10.8. The van der Waals surface area contributed by atoms with Crippen LogP contribution in [0.3, 0.4) is 0 Å². The lowest BCUT2D eigenvalue weighted by Gasteiger charge is -2.05. The van der Waals surface area contributed by atoms with Crippen molar-refractivity contribution in [3.05, 3.63) is 41.6 Å². The Morgan fingerprint density at radius 1 is 1.17 bits per heavy atom. The van der Waals surface area contributed by atoms with Crippen molar-refractivity contribution >= 4 is 39.7 Å². The van der Waals surface area contributed by atoms with Gasteiger partial charge in [-0.3, -0.25) is 4.79 Å². The van der Waals surface area contributed by atoms with Gasteiger partial charge in [-0.25, -0.2) is 9.79 Å². The quantitative estimate of drug-likeness (QED) is 0.240. The second-order valence-corrected chi connectivity index (χ2v) is 6.30. The lowest BCUT2D eigenvalue weighted by molar-refractivity contribution is -0.138. The lowest BCUT2D eigenvalue weighted by Crippen LogP contribution is -2.08. The average molecular weight is 367 g/mol. The fourth-order valence-corrected chi connectivity index (χ4v) is 2.78. The smallest absolute Gasteiger partial charge is 0.356 e. The number of rotatable bonds is 7. The van der Waals surface area contributed by atoms with Crippen LogP contribution in [0.4, 0.5) is 0 Å². The molecule has 1 aromatic carbocycles. The highest BCUT2D eigenvalue weighted by Crippen LogP contribution is 2.17. The van der Waals surface area contributed by atoms with E-state index in [0.717, 1.165) is 4.38 Å². The first-order chi connectivity index (χ1) is 11.5. The number of carbonyl (C=O) groups is 2. The van der Waals surface area contributed by atoms with E-state index >= 15 is 0 Å². The van der Waals surface area contributed by atoms with Gasteiger partial charge in [0, 0.05) is 12.0 Å². The molecule has 0 N–H and O–H groups in total. The van der Waals surface area contributed by atoms with Gasteiger partial charge in [-0.1, -0.05) is 0 Å². The predicted molar refractivity (Wildman–Crippen MR) is 101 cm³/mol. The molecular weight excluding hydrogens is 346 g/mol. The summed E-state index contributed by atoms with van der Waals surface area (Å²) in [5.74, 6) is 0.0497. The maximum Gasteiger partial charge on any atom is 0.356 e. The first-order valence-electron chi connectivity index (χ1n) is 7.26. The predicted octanol–water partition coefficient (Wildman–Crippen LogP) is 3.80. The van der Waals surface area contributed by atoms with Gasteiger partial charge in [0.25, 0.3) is 0 Å². The number of methoxy groups -OCH3 is 1. The zero-order valence-electron chi connectivity index (χ0n) is 14.2. The second-order valence-electron chi connectivity index (χ2n) is 4.45. The van der Waals surface area contributed by atoms with Gasteiger partial charge in [0.05, 0.1) is 13.7 Å². The third-order valence-corrected chi connectivity index (χ3v) is 4.82. The van der Waals surface area contributed by atoms with E-state index in [1.165, 1.54) is 29.6 Å². The molecule has 0 spiro atoms. The average Bonchev–Trinajstić information content (AvgIpc) is 2.62. The highest BCUT2D eigenvalue weighted by atomic mass is 32.2. The molecule has 24 heavy (non-hydrogen) atoms. The molecule has 0 radical (unpaired) electrons. The van der Waals surface area contributed by atoms with Gasteiger partial charge in [-0.2, -0.15) is 0 Å². The normalized spacial score (nSPS) is 10.9. The summed E-state index contributed by atoms with van der Waals surface area (Å²) in [6.45, 7) is 1.98. The Kier molecular flexibility index (Phi) is 9.26. The number of allylic oxidation sites excluding steroid dienone is 1. The number of Topliss-reactive ketones (excluding diaryl/α,β-unsaturated/α-hetero) is 1. The molecule has 0 aliphatic rings. The molecule has 0 atom stereocenters. The van der Waals surface area contributed by atoms with Crippen LogP contribution < -0.4 is 4.74 Å². The third-order valence-electron chi connectivity index (χ3n) is 2.94. The Morgan fingerprint density at radius 3 is 2.29 bits per heavy atom. The van der Waals surface area contributed by atoms with Crippen LogP contribution in [-0.2, 0) is 9.53 Å². The van der Waals surface area contributed by atoms with Gasteiger partial charge >= 0.3 is 5.97 Å². The van der Waals surface area contributed by atoms with Gasteiger partial charge in [0.1, 0.15) is 15.8 Å². The van der Waals surface area contributed by atoms with E-state index in [-0.39, 0.29) is 24.5 Å². The van der Waals surface area contributed by atoms with E-state index < -0.39 is 5.97 Å². The number of benzene rings is 1. The molecule has 5 nitrogen and oxygen atoms in total. The molecule has 0 aliphatic heterocycles. The van der Waals surface area contributed by atoms with E-state index in [1.54, 1.807) is 38.3 Å². The molecule has 0 heterocycles. The van der Waals surface area contributed by atoms with Crippen molar-refractivity contribution in [3.63, 3.8) is 0 Å². The number of carbonyl (C=O) groups excluding carboxylic acids is 2. The molecular formula is C17H21NO4S2. The van der Waals surface area contributed by atoms with Crippen molar-refractivity contribution in [3.8, 4) is 5.75 Å². The first-order valence-corrected chi connectivity index (χ1v) is 9.71. The molecule has 0 fully saturated rings. The molecule has 1 aromatic rings. The van der Waals surface area contributed by atoms with Crippen LogP contribution in [0.2, 0.25) is 0 Å². The Bertz CT molecular complexity index is 618. The number of esters is 1. The topological polar surface area (TPSA) is 65.0 Å². The number of nitrogens with zero attached hydrogens (tertiary/aromatic N) is 1. The van der Waals surface area contributed by atoms with Gasteiger partial charge in [0.15, 0.2) is 5.78 Å². The van der Waals surface area contributed by atoms with Gasteiger partial charge in [-0.05, 0) is 49.8 Å². The molecule has 0 bridgehead atoms. The minimum absolute atomic E-state index is 0.0695. The van der Waals surface area contributed by atoms with Crippen LogP contribution in [0.1, 0.15) is 23.7 Å². The standard InChI is InChI=1S/C17H21NO4S2/c1-5-22-16(20)14(18-17(23-3)24-4)10-11-15(19)12-6-8-13(21-2)9-7-12/h6-10H,5,11H2,1-4H3/b14-10-. The maximum atomic E-state index is 12.3. The number of ketones is 1. The first kappa shape index (κ1) is 20.3. The summed E-state index contributed by atoms with van der Waals surface area (Å²) in [7, 11) is 1.57. The molecule has 0 amide bonds. The highest BCUT2D eigenvalue weighted by molar-refractivity contribution is 8.38. The SMILES string of the molecule is CCOC(=O)/C(=C/CC(=O)c1ccc(OC)cc1)N=C(SC)SC. The Balaban J connectivity index is 2.94. The maximum absolute atomic E-state index is 12.3. The largest absolute Gasteiger partial charge is 0.497 e. The Hall–Kier alpha value is -1.73. The molecule has 0 saturated heterocycles. The van der Waals surface area contributed by atoms with Crippen LogP contribution in [0.5, 0.6) is 5.75 Å². The molecule has 0 saturated carbocycles. The minimum atomic E-state index is -0.527. The summed E-state index contributed by atoms with van der Waals surface area (Å²) in [6, 6.07) is 6.83. The molecule has 0 aromatic heterocycles. The van der Waals surface area contributed by atoms with E-state index in [1.807, 2.05) is 12.5 Å². The second kappa shape index (κ2) is 10.9. The van der Waals surface area contributed by atoms with E-state index in [4.69, 9.17) is 9.47 Å². The van der Waals surface area contributed by atoms with E-state index in [9.17, 15) is 9.59 Å². The zero-order chi connectivity index (χ0) is 17.9. The summed E-state index contributed by atoms with van der Waals surface area (Å²) in [4.78, 5) is 28.5. The van der Waals surface area contributed by atoms with Crippen LogP contribution in [0.15, 0.2) is 41.0 Å². The van der Waals surface area contributed by atoms with Crippen molar-refractivity contribution in [2.24, 2.45) is 4.99 Å². The van der Waals surface area contributed by atoms with Gasteiger partial charge in [0.2, 0.25) is 0 Å². The summed E-state index contributed by atoms with van der Waals surface area (Å²) >= 11 is 2.87. The minimum Gasteiger partial charge on any atom is -0.497 e. The third kappa shape index (κ3) is 6.41. The number of ether oxygens (including phenoxy) is 2. The van der Waals surface area contributed by atoms with E-state index in [2.05, 4.69) is 4.99 Å². The van der Waals surface area contributed by atoms with Crippen molar-refractivity contribution < 1.29 is 19.1 Å². The van der Waals surface area contributed by atoms with Gasteiger partial charge < -0.3 is 9.47 Å². The van der Waals surface area contributed by atoms with Crippen molar-refractivity contribution in [2.45, 2.75) is 13.3 Å². The Labute approximate surface area is 150 Å². The Morgan fingerprint density at radius 2 is 1.79 bits per heavy atom. The van der Waals surface area contributed by atoms with Crippen molar-refractivity contribution in [1.29, 1.82) is 0 Å². The zero-order valence-corrected chi connectivity index (χ0v) is 15.8. The van der Waals surface area contributed by atoms with Crippen LogP contribution >= 0.6 is 23.5 Å². The summed E-state index contributed by atoms with van der Waals surface area (Å²) in [5, 5.41) is 0. The monoisotopic (exact) mass is 367 g/mol. The molecule has 7 heteroatoms. The van der Waals surface area contributed by atoms with Crippen LogP contribution in [-0.4, -0.2) is 42.4 Å². The molecule has 1 rings (SSSR count). The summed E-state index contributed by atoms with van der Waals surface area (Å²) in [5.41, 5.74) is 0.701. The number of aliphatic imine (C=N–C) groups is 1. The summed E-state index contributed by atoms with van der Waals surface area (Å²) in [6.07, 6.45) is 5.33. The van der Waals surface area contributed by atoms with Crippen LogP contribution in [0, 0.1) is 0 Å². The lowest BCUT2D eigenvalue weighted by atomic mass is 10.1. The number of hydrogen-bond acceptors (Lipinski definition) is 7. The fourth-order valence-electron chi connectivity index (χ4n) is 1.74. The number of hydrogen-bond donors (Lipinski definition) is 0.